The molecule has 1 aliphatic rings. The van der Waals surface area contributed by atoms with Crippen LogP contribution in [0.15, 0.2) is 29.2 Å². The Bertz CT molecular complexity index is 443. The predicted octanol–water partition coefficient (Wildman–Crippen LogP) is 1.53. The maximum Gasteiger partial charge on any atom is 0.184 e. The molecule has 1 fully saturated rings. The summed E-state index contributed by atoms with van der Waals surface area (Å²) in [4.78, 5) is 0.344. The second-order valence-corrected chi connectivity index (χ2v) is 5.82. The number of hydrogen-bond donors (Lipinski definition) is 0. The molecule has 2 rings (SSSR count). The van der Waals surface area contributed by atoms with Gasteiger partial charge in [0.25, 0.3) is 0 Å². The van der Waals surface area contributed by atoms with Crippen molar-refractivity contribution in [1.29, 1.82) is 0 Å². The monoisotopic (exact) mass is 242 g/mol. The van der Waals surface area contributed by atoms with Gasteiger partial charge in [0.05, 0.1) is 23.9 Å². The molecule has 4 nitrogen and oxygen atoms in total. The molecule has 1 saturated heterocycles. The van der Waals surface area contributed by atoms with Crippen molar-refractivity contribution in [1.82, 2.24) is 0 Å². The van der Waals surface area contributed by atoms with Crippen LogP contribution in [0.3, 0.4) is 0 Å². The van der Waals surface area contributed by atoms with E-state index in [1.807, 2.05) is 0 Å². The highest BCUT2D eigenvalue weighted by Gasteiger charge is 2.19. The minimum atomic E-state index is -3.12. The van der Waals surface area contributed by atoms with Gasteiger partial charge in [-0.25, -0.2) is 8.42 Å². The second kappa shape index (κ2) is 4.53. The molecule has 1 aromatic rings. The molecule has 0 atom stereocenters. The lowest BCUT2D eigenvalue weighted by atomic mass is 10.2. The van der Waals surface area contributed by atoms with Crippen LogP contribution in [-0.4, -0.2) is 27.4 Å². The molecule has 5 heteroatoms. The summed E-state index contributed by atoms with van der Waals surface area (Å²) >= 11 is 0. The molecule has 0 saturated carbocycles. The Kier molecular flexibility index (Phi) is 3.28. The lowest BCUT2D eigenvalue weighted by molar-refractivity contribution is -0.0441. The topological polar surface area (TPSA) is 52.6 Å². The van der Waals surface area contributed by atoms with E-state index in [0.717, 1.165) is 5.56 Å². The molecule has 1 aliphatic heterocycles. The number of rotatable bonds is 3. The van der Waals surface area contributed by atoms with Crippen LogP contribution >= 0.6 is 0 Å². The Morgan fingerprint density at radius 1 is 1.19 bits per heavy atom. The van der Waals surface area contributed by atoms with E-state index in [1.165, 1.54) is 0 Å². The van der Waals surface area contributed by atoms with Crippen molar-refractivity contribution in [3.05, 3.63) is 29.8 Å². The molecule has 1 aromatic carbocycles. The van der Waals surface area contributed by atoms with E-state index < -0.39 is 9.84 Å². The summed E-state index contributed by atoms with van der Waals surface area (Å²) in [6, 6.07) is 6.66. The Balaban J connectivity index is 2.22. The SMILES string of the molecule is CCS(=O)(=O)c1ccc(C2OCCO2)cc1. The molecule has 0 radical (unpaired) electrons. The zero-order valence-electron chi connectivity index (χ0n) is 9.05. The number of benzene rings is 1. The van der Waals surface area contributed by atoms with Crippen LogP contribution in [0.1, 0.15) is 18.8 Å². The van der Waals surface area contributed by atoms with Crippen LogP contribution in [0.5, 0.6) is 0 Å². The van der Waals surface area contributed by atoms with Crippen molar-refractivity contribution in [3.63, 3.8) is 0 Å². The van der Waals surface area contributed by atoms with E-state index in [0.29, 0.717) is 18.1 Å². The first-order valence-electron chi connectivity index (χ1n) is 5.19. The van der Waals surface area contributed by atoms with Crippen molar-refractivity contribution in [2.45, 2.75) is 18.1 Å². The van der Waals surface area contributed by atoms with E-state index in [1.54, 1.807) is 31.2 Å². The van der Waals surface area contributed by atoms with Gasteiger partial charge in [0, 0.05) is 5.56 Å². The van der Waals surface area contributed by atoms with Crippen LogP contribution in [0.4, 0.5) is 0 Å². The third-order valence-corrected chi connectivity index (χ3v) is 4.26. The van der Waals surface area contributed by atoms with Crippen LogP contribution < -0.4 is 0 Å². The van der Waals surface area contributed by atoms with E-state index in [4.69, 9.17) is 9.47 Å². The van der Waals surface area contributed by atoms with Crippen molar-refractivity contribution < 1.29 is 17.9 Å². The highest BCUT2D eigenvalue weighted by molar-refractivity contribution is 7.91. The van der Waals surface area contributed by atoms with Crippen LogP contribution in [0, 0.1) is 0 Å². The number of ether oxygens (including phenoxy) is 2. The van der Waals surface area contributed by atoms with Gasteiger partial charge in [0.1, 0.15) is 0 Å². The second-order valence-electron chi connectivity index (χ2n) is 3.55. The summed E-state index contributed by atoms with van der Waals surface area (Å²) in [5, 5.41) is 0. The molecular formula is C11H14O4S. The van der Waals surface area contributed by atoms with Crippen molar-refractivity contribution in [2.24, 2.45) is 0 Å². The quantitative estimate of drug-likeness (QED) is 0.806. The first-order valence-corrected chi connectivity index (χ1v) is 6.84. The minimum Gasteiger partial charge on any atom is -0.346 e. The Labute approximate surface area is 95.1 Å². The normalized spacial score (nSPS) is 17.8. The first-order chi connectivity index (χ1) is 7.63. The summed E-state index contributed by atoms with van der Waals surface area (Å²) in [7, 11) is -3.12. The zero-order valence-corrected chi connectivity index (χ0v) is 9.87. The molecule has 0 amide bonds. The summed E-state index contributed by atoms with van der Waals surface area (Å²) in [5.41, 5.74) is 0.854. The molecule has 0 N–H and O–H groups in total. The van der Waals surface area contributed by atoms with E-state index >= 15 is 0 Å². The third-order valence-electron chi connectivity index (χ3n) is 2.51. The largest absolute Gasteiger partial charge is 0.346 e. The third kappa shape index (κ3) is 2.26. The Morgan fingerprint density at radius 2 is 1.75 bits per heavy atom. The minimum absolute atomic E-state index is 0.114. The molecule has 0 spiro atoms. The fourth-order valence-electron chi connectivity index (χ4n) is 1.55. The van der Waals surface area contributed by atoms with E-state index in [-0.39, 0.29) is 12.0 Å². The lowest BCUT2D eigenvalue weighted by Crippen LogP contribution is -2.04. The van der Waals surface area contributed by atoms with Crippen LogP contribution in [0.25, 0.3) is 0 Å². The maximum absolute atomic E-state index is 11.6. The summed E-state index contributed by atoms with van der Waals surface area (Å²) in [5.74, 6) is 0.114. The Hall–Kier alpha value is -0.910. The number of hydrogen-bond acceptors (Lipinski definition) is 4. The van der Waals surface area contributed by atoms with Gasteiger partial charge in [-0.2, -0.15) is 0 Å². The molecule has 0 aliphatic carbocycles. The molecule has 0 unspecified atom stereocenters. The molecule has 88 valence electrons. The molecular weight excluding hydrogens is 228 g/mol. The van der Waals surface area contributed by atoms with Gasteiger partial charge in [-0.3, -0.25) is 0 Å². The molecule has 0 aromatic heterocycles. The highest BCUT2D eigenvalue weighted by atomic mass is 32.2. The average molecular weight is 242 g/mol. The fraction of sp³-hybridized carbons (Fsp3) is 0.455. The summed E-state index contributed by atoms with van der Waals surface area (Å²) < 4.78 is 33.8. The average Bonchev–Trinajstić information content (AvgIpc) is 2.83. The van der Waals surface area contributed by atoms with Crippen molar-refractivity contribution in [3.8, 4) is 0 Å². The summed E-state index contributed by atoms with van der Waals surface area (Å²) in [6.07, 6.45) is -0.349. The van der Waals surface area contributed by atoms with Gasteiger partial charge in [-0.15, -0.1) is 0 Å². The standard InChI is InChI=1S/C11H14O4S/c1-2-16(12,13)10-5-3-9(4-6-10)11-14-7-8-15-11/h3-6,11H,2,7-8H2,1H3. The molecule has 1 heterocycles. The highest BCUT2D eigenvalue weighted by Crippen LogP contribution is 2.24. The van der Waals surface area contributed by atoms with E-state index in [2.05, 4.69) is 0 Å². The summed E-state index contributed by atoms with van der Waals surface area (Å²) in [6.45, 7) is 2.80. The molecule has 0 bridgehead atoms. The van der Waals surface area contributed by atoms with Crippen LogP contribution in [-0.2, 0) is 19.3 Å². The van der Waals surface area contributed by atoms with Gasteiger partial charge in [-0.1, -0.05) is 19.1 Å². The first kappa shape index (κ1) is 11.6. The smallest absolute Gasteiger partial charge is 0.184 e. The maximum atomic E-state index is 11.6. The Morgan fingerprint density at radius 3 is 2.25 bits per heavy atom. The van der Waals surface area contributed by atoms with Crippen molar-refractivity contribution >= 4 is 9.84 Å². The van der Waals surface area contributed by atoms with Gasteiger partial charge in [-0.05, 0) is 12.1 Å². The van der Waals surface area contributed by atoms with Crippen LogP contribution in [0.2, 0.25) is 0 Å². The zero-order chi connectivity index (χ0) is 11.6. The predicted molar refractivity (Wildman–Crippen MR) is 58.8 cm³/mol. The number of sulfone groups is 1. The fourth-order valence-corrected chi connectivity index (χ4v) is 2.43. The van der Waals surface area contributed by atoms with Gasteiger partial charge >= 0.3 is 0 Å². The van der Waals surface area contributed by atoms with Gasteiger partial charge in [0.15, 0.2) is 16.1 Å². The van der Waals surface area contributed by atoms with Crippen molar-refractivity contribution in [2.75, 3.05) is 19.0 Å². The molecule has 16 heavy (non-hydrogen) atoms. The van der Waals surface area contributed by atoms with Gasteiger partial charge in [0.2, 0.25) is 0 Å². The van der Waals surface area contributed by atoms with Gasteiger partial charge < -0.3 is 9.47 Å². The van der Waals surface area contributed by atoms with E-state index in [9.17, 15) is 8.42 Å². The lowest BCUT2D eigenvalue weighted by Gasteiger charge is -2.09.